The van der Waals surface area contributed by atoms with E-state index in [2.05, 4.69) is 13.2 Å². The van der Waals surface area contributed by atoms with Gasteiger partial charge in [-0.2, -0.15) is 0 Å². The molecule has 4 aromatic rings. The minimum Gasteiger partial charge on any atom is -0.426 e. The van der Waals surface area contributed by atoms with Gasteiger partial charge in [0.1, 0.15) is 35.2 Å². The molecular weight excluding hydrogens is 688 g/mol. The quantitative estimate of drug-likeness (QED) is 0.0793. The van der Waals surface area contributed by atoms with Crippen molar-refractivity contribution in [2.24, 2.45) is 0 Å². The Morgan fingerprint density at radius 2 is 0.833 bits per heavy atom. The number of carbonyl (C=O) groups is 4. The van der Waals surface area contributed by atoms with Gasteiger partial charge in [-0.25, -0.2) is 0 Å². The standard InChI is InChI=1S/C44H44O10/c1-9-11-31-13-17-39(50-27(5)45)35(21-31)37-23-33(15-19-41(37)52-29(7)47)43-25(3)49-26(4)44(54-43)34-16-20-42(53-30(8)48)38(24-34)36-22-32(12-10-2)14-18-40(36)51-28(6)46/h9-10,13-26,43-44H,1-2,11-12H2,3-8H3/t25-,26-,43+,44+/m1/s1. The number of esters is 4. The number of ether oxygens (including phenoxy) is 6. The third-order valence-electron chi connectivity index (χ3n) is 8.68. The maximum atomic E-state index is 12.2. The lowest BCUT2D eigenvalue weighted by Gasteiger charge is -2.40. The van der Waals surface area contributed by atoms with Crippen LogP contribution in [0, 0.1) is 0 Å². The first kappa shape index (κ1) is 39.4. The SMILES string of the molecule is C=CCc1ccc(OC(C)=O)c(-c2cc([C@H]3O[C@H](c4ccc(OC(C)=O)c(-c5cc(CC=C)ccc5OC(C)=O)c4)[C@@H](C)O[C@@H]3C)ccc2OC(C)=O)c1. The van der Waals surface area contributed by atoms with E-state index in [9.17, 15) is 19.2 Å². The smallest absolute Gasteiger partial charge is 0.308 e. The van der Waals surface area contributed by atoms with Crippen LogP contribution in [0.1, 0.15) is 76.0 Å². The third kappa shape index (κ3) is 9.38. The molecule has 1 aliphatic heterocycles. The zero-order valence-electron chi connectivity index (χ0n) is 31.3. The molecule has 10 heteroatoms. The highest BCUT2D eigenvalue weighted by Crippen LogP contribution is 2.46. The molecule has 54 heavy (non-hydrogen) atoms. The van der Waals surface area contributed by atoms with E-state index in [1.54, 1.807) is 36.4 Å². The van der Waals surface area contributed by atoms with Gasteiger partial charge in [-0.3, -0.25) is 19.2 Å². The van der Waals surface area contributed by atoms with E-state index in [-0.39, 0.29) is 11.5 Å². The molecule has 1 heterocycles. The summed E-state index contributed by atoms with van der Waals surface area (Å²) in [4.78, 5) is 48.7. The molecule has 0 unspecified atom stereocenters. The van der Waals surface area contributed by atoms with Gasteiger partial charge in [0.2, 0.25) is 0 Å². The Morgan fingerprint density at radius 1 is 0.519 bits per heavy atom. The van der Waals surface area contributed by atoms with Crippen molar-refractivity contribution in [1.29, 1.82) is 0 Å². The van der Waals surface area contributed by atoms with Crippen LogP contribution in [0.25, 0.3) is 22.3 Å². The van der Waals surface area contributed by atoms with Gasteiger partial charge in [-0.05, 0) is 97.5 Å². The fourth-order valence-corrected chi connectivity index (χ4v) is 6.57. The summed E-state index contributed by atoms with van der Waals surface area (Å²) in [5.74, 6) is -0.883. The van der Waals surface area contributed by atoms with Crippen LogP contribution in [0.2, 0.25) is 0 Å². The van der Waals surface area contributed by atoms with Crippen molar-refractivity contribution in [1.82, 2.24) is 0 Å². The van der Waals surface area contributed by atoms with Crippen molar-refractivity contribution in [3.63, 3.8) is 0 Å². The van der Waals surface area contributed by atoms with Crippen LogP contribution in [-0.2, 0) is 41.5 Å². The lowest BCUT2D eigenvalue weighted by molar-refractivity contribution is -0.215. The molecule has 0 bridgehead atoms. The summed E-state index contributed by atoms with van der Waals surface area (Å²) in [7, 11) is 0. The third-order valence-corrected chi connectivity index (χ3v) is 8.68. The van der Waals surface area contributed by atoms with Crippen molar-refractivity contribution in [2.75, 3.05) is 0 Å². The summed E-state index contributed by atoms with van der Waals surface area (Å²) in [5, 5.41) is 0. The Hall–Kier alpha value is -5.84. The van der Waals surface area contributed by atoms with Gasteiger partial charge in [0.25, 0.3) is 0 Å². The van der Waals surface area contributed by atoms with E-state index in [1.165, 1.54) is 27.7 Å². The summed E-state index contributed by atoms with van der Waals surface area (Å²) in [6, 6.07) is 21.5. The minimum atomic E-state index is -0.603. The van der Waals surface area contributed by atoms with Crippen molar-refractivity contribution >= 4 is 23.9 Å². The summed E-state index contributed by atoms with van der Waals surface area (Å²) in [5.41, 5.74) is 5.39. The van der Waals surface area contributed by atoms with E-state index in [0.29, 0.717) is 46.6 Å². The highest BCUT2D eigenvalue weighted by Gasteiger charge is 2.37. The fraction of sp³-hybridized carbons (Fsp3) is 0.273. The zero-order valence-corrected chi connectivity index (χ0v) is 31.3. The average molecular weight is 733 g/mol. The number of allylic oxidation sites excluding steroid dienone is 2. The van der Waals surface area contributed by atoms with Gasteiger partial charge in [0, 0.05) is 49.9 Å². The van der Waals surface area contributed by atoms with Crippen molar-refractivity contribution < 1.29 is 47.6 Å². The van der Waals surface area contributed by atoms with Gasteiger partial charge in [0.15, 0.2) is 0 Å². The number of benzene rings is 4. The van der Waals surface area contributed by atoms with E-state index < -0.39 is 48.3 Å². The maximum Gasteiger partial charge on any atom is 0.308 e. The minimum absolute atomic E-state index is 0.276. The second-order valence-electron chi connectivity index (χ2n) is 13.1. The Labute approximate surface area is 315 Å². The fourth-order valence-electron chi connectivity index (χ4n) is 6.57. The van der Waals surface area contributed by atoms with Crippen LogP contribution in [0.5, 0.6) is 23.0 Å². The highest BCUT2D eigenvalue weighted by molar-refractivity contribution is 5.84. The van der Waals surface area contributed by atoms with Crippen LogP contribution in [0.3, 0.4) is 0 Å². The zero-order chi connectivity index (χ0) is 39.1. The molecule has 0 saturated carbocycles. The molecule has 0 amide bonds. The predicted molar refractivity (Wildman–Crippen MR) is 203 cm³/mol. The van der Waals surface area contributed by atoms with Crippen LogP contribution in [0.4, 0.5) is 0 Å². The molecule has 1 fully saturated rings. The molecular formula is C44H44O10. The van der Waals surface area contributed by atoms with Gasteiger partial charge < -0.3 is 28.4 Å². The highest BCUT2D eigenvalue weighted by atomic mass is 16.6. The molecule has 0 radical (unpaired) electrons. The second kappa shape index (κ2) is 17.3. The normalized spacial score (nSPS) is 17.9. The number of rotatable bonds is 12. The lowest BCUT2D eigenvalue weighted by atomic mass is 9.92. The summed E-state index contributed by atoms with van der Waals surface area (Å²) in [6.07, 6.45) is 2.64. The predicted octanol–water partition coefficient (Wildman–Crippen LogP) is 8.79. The van der Waals surface area contributed by atoms with E-state index in [4.69, 9.17) is 28.4 Å². The first-order valence-electron chi connectivity index (χ1n) is 17.6. The topological polar surface area (TPSA) is 124 Å². The first-order chi connectivity index (χ1) is 25.8. The largest absolute Gasteiger partial charge is 0.426 e. The molecule has 0 aromatic heterocycles. The van der Waals surface area contributed by atoms with Crippen molar-refractivity contribution in [2.45, 2.75) is 78.8 Å². The molecule has 0 aliphatic carbocycles. The van der Waals surface area contributed by atoms with Gasteiger partial charge in [0.05, 0.1) is 12.2 Å². The molecule has 4 atom stereocenters. The number of carbonyl (C=O) groups excluding carboxylic acids is 4. The summed E-state index contributed by atoms with van der Waals surface area (Å²) < 4.78 is 35.9. The molecule has 1 saturated heterocycles. The molecule has 5 rings (SSSR count). The Kier molecular flexibility index (Phi) is 12.6. The Bertz CT molecular complexity index is 1950. The maximum absolute atomic E-state index is 12.2. The first-order valence-corrected chi connectivity index (χ1v) is 17.6. The van der Waals surface area contributed by atoms with Crippen LogP contribution >= 0.6 is 0 Å². The molecule has 4 aromatic carbocycles. The van der Waals surface area contributed by atoms with Crippen LogP contribution in [0.15, 0.2) is 98.1 Å². The molecule has 280 valence electrons. The van der Waals surface area contributed by atoms with E-state index in [1.807, 2.05) is 62.4 Å². The molecule has 0 spiro atoms. The van der Waals surface area contributed by atoms with Gasteiger partial charge in [-0.15, -0.1) is 13.2 Å². The van der Waals surface area contributed by atoms with Crippen LogP contribution in [-0.4, -0.2) is 36.1 Å². The molecule has 1 aliphatic rings. The van der Waals surface area contributed by atoms with Gasteiger partial charge in [-0.1, -0.05) is 36.4 Å². The van der Waals surface area contributed by atoms with E-state index >= 15 is 0 Å². The number of hydrogen-bond acceptors (Lipinski definition) is 10. The summed E-state index contributed by atoms with van der Waals surface area (Å²) in [6.45, 7) is 16.8. The van der Waals surface area contributed by atoms with E-state index in [0.717, 1.165) is 22.3 Å². The van der Waals surface area contributed by atoms with Crippen LogP contribution < -0.4 is 18.9 Å². The van der Waals surface area contributed by atoms with Gasteiger partial charge >= 0.3 is 23.9 Å². The molecule has 10 nitrogen and oxygen atoms in total. The monoisotopic (exact) mass is 732 g/mol. The van der Waals surface area contributed by atoms with Crippen molar-refractivity contribution in [3.05, 3.63) is 120 Å². The van der Waals surface area contributed by atoms with Crippen molar-refractivity contribution in [3.8, 4) is 45.3 Å². The average Bonchev–Trinajstić information content (AvgIpc) is 3.10. The summed E-state index contributed by atoms with van der Waals surface area (Å²) >= 11 is 0. The molecule has 0 N–H and O–H groups in total. The second-order valence-corrected chi connectivity index (χ2v) is 13.1. The lowest BCUT2D eigenvalue weighted by Crippen LogP contribution is -2.38. The Morgan fingerprint density at radius 3 is 1.15 bits per heavy atom. The number of hydrogen-bond donors (Lipinski definition) is 0. The Balaban J connectivity index is 1.62.